The zero-order valence-corrected chi connectivity index (χ0v) is 16.9. The molecule has 3 rings (SSSR count). The van der Waals surface area contributed by atoms with Gasteiger partial charge in [0.1, 0.15) is 0 Å². The van der Waals surface area contributed by atoms with Crippen LogP contribution in [0.5, 0.6) is 0 Å². The maximum absolute atomic E-state index is 12.4. The van der Waals surface area contributed by atoms with Gasteiger partial charge in [0.25, 0.3) is 0 Å². The molecular weight excluding hydrogens is 373 g/mol. The van der Waals surface area contributed by atoms with Gasteiger partial charge in [-0.05, 0) is 32.9 Å². The molecule has 1 aromatic heterocycles. The summed E-state index contributed by atoms with van der Waals surface area (Å²) in [4.78, 5) is 18.6. The summed E-state index contributed by atoms with van der Waals surface area (Å²) in [7, 11) is 1.91. The van der Waals surface area contributed by atoms with Crippen molar-refractivity contribution >= 4 is 30.7 Å². The molecular formula is C19H27Cl2N3O2. The molecule has 26 heavy (non-hydrogen) atoms. The summed E-state index contributed by atoms with van der Waals surface area (Å²) >= 11 is 0. The van der Waals surface area contributed by atoms with Crippen molar-refractivity contribution < 1.29 is 9.21 Å². The van der Waals surface area contributed by atoms with E-state index in [4.69, 9.17) is 4.42 Å². The summed E-state index contributed by atoms with van der Waals surface area (Å²) in [5, 5.41) is 3.33. The lowest BCUT2D eigenvalue weighted by atomic mass is 10.0. The SMILES string of the molecule is Cc1ccc(-c2cnc(CCC(=O)N(C)C3CCNCC3)o2)cc1.Cl.Cl. The van der Waals surface area contributed by atoms with Crippen LogP contribution in [0, 0.1) is 6.92 Å². The van der Waals surface area contributed by atoms with Gasteiger partial charge in [0.15, 0.2) is 11.7 Å². The van der Waals surface area contributed by atoms with Crippen LogP contribution in [-0.2, 0) is 11.2 Å². The number of nitrogens with zero attached hydrogens (tertiary/aromatic N) is 2. The topological polar surface area (TPSA) is 58.4 Å². The highest BCUT2D eigenvalue weighted by Gasteiger charge is 2.22. The minimum absolute atomic E-state index is 0. The molecule has 0 bridgehead atoms. The zero-order chi connectivity index (χ0) is 16.9. The first-order valence-corrected chi connectivity index (χ1v) is 8.61. The maximum Gasteiger partial charge on any atom is 0.223 e. The van der Waals surface area contributed by atoms with Gasteiger partial charge in [-0.3, -0.25) is 4.79 Å². The Morgan fingerprint density at radius 3 is 2.54 bits per heavy atom. The molecule has 5 nitrogen and oxygen atoms in total. The predicted molar refractivity (Wildman–Crippen MR) is 108 cm³/mol. The van der Waals surface area contributed by atoms with Gasteiger partial charge in [-0.2, -0.15) is 0 Å². The van der Waals surface area contributed by atoms with Crippen LogP contribution in [0.2, 0.25) is 0 Å². The first-order valence-electron chi connectivity index (χ1n) is 8.61. The van der Waals surface area contributed by atoms with E-state index in [0.29, 0.717) is 24.8 Å². The number of oxazole rings is 1. The molecule has 1 aromatic carbocycles. The molecule has 144 valence electrons. The van der Waals surface area contributed by atoms with E-state index in [2.05, 4.69) is 29.4 Å². The number of carbonyl (C=O) groups excluding carboxylic acids is 1. The zero-order valence-electron chi connectivity index (χ0n) is 15.2. The first-order chi connectivity index (χ1) is 11.6. The molecule has 1 fully saturated rings. The van der Waals surface area contributed by atoms with Crippen molar-refractivity contribution in [2.75, 3.05) is 20.1 Å². The third kappa shape index (κ3) is 5.73. The Morgan fingerprint density at radius 2 is 1.88 bits per heavy atom. The standard InChI is InChI=1S/C19H25N3O2.2ClH/c1-14-3-5-15(6-4-14)17-13-21-18(24-17)7-8-19(23)22(2)16-9-11-20-12-10-16;;/h3-6,13,16,20H,7-12H2,1-2H3;2*1H. The fourth-order valence-corrected chi connectivity index (χ4v) is 3.06. The molecule has 2 aromatic rings. The molecule has 7 heteroatoms. The molecule has 1 aliphatic heterocycles. The molecule has 0 atom stereocenters. The number of carbonyl (C=O) groups is 1. The van der Waals surface area contributed by atoms with E-state index >= 15 is 0 Å². The number of benzene rings is 1. The van der Waals surface area contributed by atoms with Crippen LogP contribution in [0.4, 0.5) is 0 Å². The average molecular weight is 400 g/mol. The van der Waals surface area contributed by atoms with Gasteiger partial charge in [0.2, 0.25) is 5.91 Å². The highest BCUT2D eigenvalue weighted by atomic mass is 35.5. The van der Waals surface area contributed by atoms with E-state index in [1.807, 2.05) is 24.1 Å². The number of piperidine rings is 1. The van der Waals surface area contributed by atoms with Crippen molar-refractivity contribution in [3.05, 3.63) is 41.9 Å². The summed E-state index contributed by atoms with van der Waals surface area (Å²) in [6.45, 7) is 4.03. The number of nitrogens with one attached hydrogen (secondary N) is 1. The highest BCUT2D eigenvalue weighted by Crippen LogP contribution is 2.21. The Balaban J connectivity index is 0.00000169. The number of aromatic nitrogens is 1. The Bertz CT molecular complexity index is 682. The van der Waals surface area contributed by atoms with Crippen molar-refractivity contribution in [2.45, 2.75) is 38.6 Å². The van der Waals surface area contributed by atoms with Crippen LogP contribution >= 0.6 is 24.8 Å². The number of rotatable bonds is 5. The van der Waals surface area contributed by atoms with Gasteiger partial charge in [0.05, 0.1) is 6.20 Å². The number of halogens is 2. The second-order valence-electron chi connectivity index (χ2n) is 6.47. The number of hydrogen-bond donors (Lipinski definition) is 1. The summed E-state index contributed by atoms with van der Waals surface area (Å²) in [5.41, 5.74) is 2.22. The summed E-state index contributed by atoms with van der Waals surface area (Å²) in [5.74, 6) is 1.54. The van der Waals surface area contributed by atoms with Crippen molar-refractivity contribution in [3.8, 4) is 11.3 Å². The Labute approximate surface area is 167 Å². The number of hydrogen-bond acceptors (Lipinski definition) is 4. The molecule has 0 unspecified atom stereocenters. The van der Waals surface area contributed by atoms with Crippen molar-refractivity contribution in [1.82, 2.24) is 15.2 Å². The van der Waals surface area contributed by atoms with Gasteiger partial charge in [-0.15, -0.1) is 24.8 Å². The smallest absolute Gasteiger partial charge is 0.223 e. The lowest BCUT2D eigenvalue weighted by Gasteiger charge is -2.31. The molecule has 0 radical (unpaired) electrons. The van der Waals surface area contributed by atoms with Crippen LogP contribution in [-0.4, -0.2) is 42.0 Å². The second-order valence-corrected chi connectivity index (χ2v) is 6.47. The molecule has 1 amide bonds. The Kier molecular flexibility index (Phi) is 9.13. The predicted octanol–water partition coefficient (Wildman–Crippen LogP) is 3.64. The number of amides is 1. The lowest BCUT2D eigenvalue weighted by Crippen LogP contribution is -2.44. The molecule has 1 N–H and O–H groups in total. The molecule has 1 aliphatic rings. The van der Waals surface area contributed by atoms with Gasteiger partial charge >= 0.3 is 0 Å². The van der Waals surface area contributed by atoms with Crippen molar-refractivity contribution in [1.29, 1.82) is 0 Å². The molecule has 0 aliphatic carbocycles. The van der Waals surface area contributed by atoms with Gasteiger partial charge in [0, 0.05) is 31.5 Å². The maximum atomic E-state index is 12.4. The highest BCUT2D eigenvalue weighted by molar-refractivity contribution is 5.85. The van der Waals surface area contributed by atoms with Crippen molar-refractivity contribution in [2.24, 2.45) is 0 Å². The van der Waals surface area contributed by atoms with E-state index in [1.54, 1.807) is 6.20 Å². The quantitative estimate of drug-likeness (QED) is 0.833. The van der Waals surface area contributed by atoms with E-state index in [0.717, 1.165) is 37.3 Å². The van der Waals surface area contributed by atoms with Crippen LogP contribution < -0.4 is 5.32 Å². The van der Waals surface area contributed by atoms with Crippen LogP contribution in [0.3, 0.4) is 0 Å². The lowest BCUT2D eigenvalue weighted by molar-refractivity contribution is -0.132. The number of aryl methyl sites for hydroxylation is 2. The normalized spacial score (nSPS) is 14.2. The van der Waals surface area contributed by atoms with Crippen LogP contribution in [0.15, 0.2) is 34.9 Å². The summed E-state index contributed by atoms with van der Waals surface area (Å²) < 4.78 is 5.79. The fraction of sp³-hybridized carbons (Fsp3) is 0.474. The van der Waals surface area contributed by atoms with E-state index in [9.17, 15) is 4.79 Å². The molecule has 0 spiro atoms. The van der Waals surface area contributed by atoms with Crippen LogP contribution in [0.1, 0.15) is 30.7 Å². The summed E-state index contributed by atoms with van der Waals surface area (Å²) in [6.07, 6.45) is 4.77. The largest absolute Gasteiger partial charge is 0.441 e. The second kappa shape index (κ2) is 10.6. The van der Waals surface area contributed by atoms with E-state index < -0.39 is 0 Å². The first kappa shape index (κ1) is 22.5. The fourth-order valence-electron chi connectivity index (χ4n) is 3.06. The Morgan fingerprint density at radius 1 is 1.23 bits per heavy atom. The van der Waals surface area contributed by atoms with Crippen molar-refractivity contribution in [3.63, 3.8) is 0 Å². The van der Waals surface area contributed by atoms with E-state index in [1.165, 1.54) is 5.56 Å². The van der Waals surface area contributed by atoms with E-state index in [-0.39, 0.29) is 30.7 Å². The van der Waals surface area contributed by atoms with Gasteiger partial charge in [-0.1, -0.05) is 29.8 Å². The minimum Gasteiger partial charge on any atom is -0.441 e. The minimum atomic E-state index is 0. The molecule has 0 saturated carbocycles. The third-order valence-electron chi connectivity index (χ3n) is 4.69. The summed E-state index contributed by atoms with van der Waals surface area (Å²) in [6, 6.07) is 8.50. The van der Waals surface area contributed by atoms with Crippen LogP contribution in [0.25, 0.3) is 11.3 Å². The molecule has 1 saturated heterocycles. The monoisotopic (exact) mass is 399 g/mol. The average Bonchev–Trinajstić information content (AvgIpc) is 3.09. The Hall–Kier alpha value is -1.56. The van der Waals surface area contributed by atoms with Gasteiger partial charge < -0.3 is 14.6 Å². The van der Waals surface area contributed by atoms with Gasteiger partial charge in [-0.25, -0.2) is 4.98 Å². The third-order valence-corrected chi connectivity index (χ3v) is 4.69. The molecule has 2 heterocycles.